The summed E-state index contributed by atoms with van der Waals surface area (Å²) in [6.45, 7) is 0.291. The minimum absolute atomic E-state index is 0. The number of nitrogens with zero attached hydrogens (tertiary/aromatic N) is 2. The molecule has 2 amide bonds. The first-order valence-corrected chi connectivity index (χ1v) is 10.0. The third-order valence-corrected chi connectivity index (χ3v) is 4.47. The molecule has 0 spiro atoms. The van der Waals surface area contributed by atoms with Gasteiger partial charge in [0.05, 0.1) is 29.5 Å². The molecule has 1 radical (unpaired) electrons. The van der Waals surface area contributed by atoms with Crippen LogP contribution in [-0.4, -0.2) is 75.4 Å². The van der Waals surface area contributed by atoms with Gasteiger partial charge in [-0.05, 0) is 25.0 Å². The third kappa shape index (κ3) is 10.4. The molecule has 1 aromatic heterocycles. The van der Waals surface area contributed by atoms with Crippen LogP contribution in [0.15, 0.2) is 48.7 Å². The number of carboxylic acids is 1. The van der Waals surface area contributed by atoms with E-state index >= 15 is 0 Å². The number of carbonyl (C=O) groups is 3. The Kier molecular flexibility index (Phi) is 12.7. The summed E-state index contributed by atoms with van der Waals surface area (Å²) in [7, 11) is 0. The number of pyridine rings is 1. The van der Waals surface area contributed by atoms with Crippen molar-refractivity contribution < 1.29 is 24.4 Å². The molecule has 0 saturated heterocycles. The van der Waals surface area contributed by atoms with Crippen LogP contribution in [0.25, 0.3) is 0 Å². The van der Waals surface area contributed by atoms with Crippen molar-refractivity contribution >= 4 is 58.8 Å². The minimum atomic E-state index is -1.23. The summed E-state index contributed by atoms with van der Waals surface area (Å²) in [5, 5.41) is 28.4. The number of amides is 2. The SMILES string of the molecule is O=C(O)CC(NC(=O)CNC(=O)CCCCNc1ccccn1)c1ccccc1[N+](=O)[O-].[Na]. The fourth-order valence-electron chi connectivity index (χ4n) is 2.97. The Morgan fingerprint density at radius 1 is 1.06 bits per heavy atom. The minimum Gasteiger partial charge on any atom is -0.481 e. The Labute approximate surface area is 212 Å². The van der Waals surface area contributed by atoms with E-state index in [9.17, 15) is 24.5 Å². The van der Waals surface area contributed by atoms with Gasteiger partial charge >= 0.3 is 5.97 Å². The molecule has 0 aliphatic heterocycles. The normalized spacial score (nSPS) is 10.9. The van der Waals surface area contributed by atoms with Crippen molar-refractivity contribution in [3.8, 4) is 0 Å². The zero-order chi connectivity index (χ0) is 23.3. The van der Waals surface area contributed by atoms with Crippen LogP contribution in [-0.2, 0) is 14.4 Å². The Morgan fingerprint density at radius 2 is 1.79 bits per heavy atom. The quantitative estimate of drug-likeness (QED) is 0.150. The molecular formula is C21H25N5NaO6. The summed E-state index contributed by atoms with van der Waals surface area (Å²) >= 11 is 0. The van der Waals surface area contributed by atoms with Gasteiger partial charge < -0.3 is 21.1 Å². The predicted octanol–water partition coefficient (Wildman–Crippen LogP) is 1.64. The van der Waals surface area contributed by atoms with Crippen LogP contribution in [0.1, 0.15) is 37.3 Å². The summed E-state index contributed by atoms with van der Waals surface area (Å²) in [5.41, 5.74) is -0.206. The molecule has 2 rings (SSSR count). The maximum Gasteiger partial charge on any atom is 0.305 e. The van der Waals surface area contributed by atoms with E-state index in [1.807, 2.05) is 18.2 Å². The first kappa shape index (κ1) is 28.0. The van der Waals surface area contributed by atoms with Gasteiger partial charge in [0.2, 0.25) is 11.8 Å². The number of carbonyl (C=O) groups excluding carboxylic acids is 2. The van der Waals surface area contributed by atoms with Crippen molar-refractivity contribution in [1.29, 1.82) is 0 Å². The van der Waals surface area contributed by atoms with Crippen LogP contribution < -0.4 is 16.0 Å². The smallest absolute Gasteiger partial charge is 0.305 e. The number of carboxylic acid groups (broad SMARTS) is 1. The van der Waals surface area contributed by atoms with E-state index in [-0.39, 0.29) is 59.7 Å². The van der Waals surface area contributed by atoms with E-state index in [4.69, 9.17) is 5.11 Å². The van der Waals surface area contributed by atoms with Crippen LogP contribution in [0.5, 0.6) is 0 Å². The number of nitro groups is 1. The van der Waals surface area contributed by atoms with Crippen LogP contribution in [0.4, 0.5) is 11.5 Å². The van der Waals surface area contributed by atoms with Crippen LogP contribution >= 0.6 is 0 Å². The number of hydrogen-bond donors (Lipinski definition) is 4. The van der Waals surface area contributed by atoms with E-state index in [1.165, 1.54) is 24.3 Å². The van der Waals surface area contributed by atoms with Gasteiger partial charge in [-0.15, -0.1) is 0 Å². The van der Waals surface area contributed by atoms with Crippen molar-refractivity contribution in [2.75, 3.05) is 18.4 Å². The van der Waals surface area contributed by atoms with Gasteiger partial charge in [-0.3, -0.25) is 24.5 Å². The number of benzene rings is 1. The van der Waals surface area contributed by atoms with E-state index in [0.717, 1.165) is 12.2 Å². The van der Waals surface area contributed by atoms with Crippen molar-refractivity contribution in [1.82, 2.24) is 15.6 Å². The summed E-state index contributed by atoms with van der Waals surface area (Å²) in [6.07, 6.45) is 2.70. The molecule has 33 heavy (non-hydrogen) atoms. The summed E-state index contributed by atoms with van der Waals surface area (Å²) in [6, 6.07) is 10.0. The molecule has 4 N–H and O–H groups in total. The second-order valence-corrected chi connectivity index (χ2v) is 6.91. The fourth-order valence-corrected chi connectivity index (χ4v) is 2.97. The second kappa shape index (κ2) is 14.9. The maximum absolute atomic E-state index is 12.2. The molecule has 1 unspecified atom stereocenters. The Morgan fingerprint density at radius 3 is 2.45 bits per heavy atom. The number of aliphatic carboxylic acids is 1. The number of aromatic nitrogens is 1. The monoisotopic (exact) mass is 466 g/mol. The van der Waals surface area contributed by atoms with Crippen LogP contribution in [0, 0.1) is 10.1 Å². The largest absolute Gasteiger partial charge is 0.481 e. The zero-order valence-electron chi connectivity index (χ0n) is 18.3. The average Bonchev–Trinajstić information content (AvgIpc) is 2.77. The van der Waals surface area contributed by atoms with E-state index in [1.54, 1.807) is 6.20 Å². The maximum atomic E-state index is 12.2. The number of nitrogens with one attached hydrogen (secondary N) is 3. The van der Waals surface area contributed by atoms with Crippen molar-refractivity contribution in [3.63, 3.8) is 0 Å². The van der Waals surface area contributed by atoms with Gasteiger partial charge in [0.1, 0.15) is 5.82 Å². The van der Waals surface area contributed by atoms with E-state index in [0.29, 0.717) is 13.0 Å². The van der Waals surface area contributed by atoms with E-state index < -0.39 is 29.3 Å². The predicted molar refractivity (Wildman–Crippen MR) is 122 cm³/mol. The second-order valence-electron chi connectivity index (χ2n) is 6.91. The first-order valence-electron chi connectivity index (χ1n) is 10.0. The molecule has 0 aliphatic rings. The average molecular weight is 466 g/mol. The molecule has 11 nitrogen and oxygen atoms in total. The van der Waals surface area contributed by atoms with Crippen molar-refractivity contribution in [3.05, 3.63) is 64.3 Å². The van der Waals surface area contributed by atoms with Crippen molar-refractivity contribution in [2.45, 2.75) is 31.7 Å². The first-order chi connectivity index (χ1) is 15.4. The van der Waals surface area contributed by atoms with Gasteiger partial charge in [0.15, 0.2) is 0 Å². The number of nitro benzene ring substituents is 1. The number of para-hydroxylation sites is 1. The van der Waals surface area contributed by atoms with Gasteiger partial charge in [-0.2, -0.15) is 0 Å². The number of unbranched alkanes of at least 4 members (excludes halogenated alkanes) is 1. The summed E-state index contributed by atoms with van der Waals surface area (Å²) in [4.78, 5) is 50.1. The molecule has 171 valence electrons. The molecule has 1 atom stereocenters. The summed E-state index contributed by atoms with van der Waals surface area (Å²) in [5.74, 6) is -1.43. The van der Waals surface area contributed by atoms with Crippen LogP contribution in [0.2, 0.25) is 0 Å². The molecule has 1 aromatic carbocycles. The topological polar surface area (TPSA) is 164 Å². The molecule has 0 saturated carbocycles. The number of rotatable bonds is 13. The van der Waals surface area contributed by atoms with E-state index in [2.05, 4.69) is 20.9 Å². The third-order valence-electron chi connectivity index (χ3n) is 4.47. The standard InChI is InChI=1S/C21H25N5O6.Na/c27-19(10-4-6-12-23-18-9-3-5-11-22-18)24-14-20(28)25-16(13-21(29)30)15-7-1-2-8-17(15)26(31)32;/h1-3,5,7-9,11,16H,4,6,10,12-14H2,(H,22,23)(H,24,27)(H,25,28)(H,29,30);. The van der Waals surface area contributed by atoms with Gasteiger partial charge in [-0.25, -0.2) is 4.98 Å². The molecular weight excluding hydrogens is 441 g/mol. The zero-order valence-corrected chi connectivity index (χ0v) is 20.3. The number of hydrogen-bond acceptors (Lipinski definition) is 7. The van der Waals surface area contributed by atoms with Gasteiger partial charge in [0.25, 0.3) is 5.69 Å². The Hall–Kier alpha value is -3.02. The van der Waals surface area contributed by atoms with Crippen LogP contribution in [0.3, 0.4) is 0 Å². The molecule has 0 bridgehead atoms. The number of anilines is 1. The van der Waals surface area contributed by atoms with Gasteiger partial charge in [-0.1, -0.05) is 24.3 Å². The fraction of sp³-hybridized carbons (Fsp3) is 0.333. The molecule has 0 fully saturated rings. The molecule has 2 aromatic rings. The van der Waals surface area contributed by atoms with Crippen molar-refractivity contribution in [2.24, 2.45) is 0 Å². The molecule has 12 heteroatoms. The molecule has 1 heterocycles. The Bertz CT molecular complexity index is 944. The summed E-state index contributed by atoms with van der Waals surface area (Å²) < 4.78 is 0. The Balaban J connectivity index is 0.00000544. The molecule has 0 aliphatic carbocycles. The van der Waals surface area contributed by atoms with Gasteiger partial charge in [0, 0.05) is 54.8 Å².